The van der Waals surface area contributed by atoms with Gasteiger partial charge >= 0.3 is 0 Å². The van der Waals surface area contributed by atoms with E-state index in [1.165, 1.54) is 5.56 Å². The number of carbonyl (C=O) groups excluding carboxylic acids is 2. The van der Waals surface area contributed by atoms with Gasteiger partial charge in [-0.2, -0.15) is 0 Å². The summed E-state index contributed by atoms with van der Waals surface area (Å²) in [6, 6.07) is 17.5. The van der Waals surface area contributed by atoms with Gasteiger partial charge in [0.1, 0.15) is 6.61 Å². The summed E-state index contributed by atoms with van der Waals surface area (Å²) in [5.74, 6) is 2.13. The van der Waals surface area contributed by atoms with Crippen LogP contribution in [0.4, 0.5) is 0 Å². The normalized spacial score (nSPS) is 19.3. The number of thioether (sulfide) groups is 1. The molecule has 0 saturated carbocycles. The first kappa shape index (κ1) is 20.6. The van der Waals surface area contributed by atoms with Crippen molar-refractivity contribution in [3.05, 3.63) is 60.2 Å². The van der Waals surface area contributed by atoms with Crippen molar-refractivity contribution >= 4 is 23.6 Å². The SMILES string of the molecule is C[C@@H](SCc1ccccc1)C(=O)N1CCN(C(=O)[C@H]2COc3ccccc3O2)CC1. The van der Waals surface area contributed by atoms with E-state index in [0.717, 1.165) is 5.75 Å². The molecule has 0 aliphatic carbocycles. The maximum atomic E-state index is 12.8. The maximum absolute atomic E-state index is 12.8. The number of nitrogens with zero attached hydrogens (tertiary/aromatic N) is 2. The molecule has 1 saturated heterocycles. The molecule has 0 aromatic heterocycles. The minimum absolute atomic E-state index is 0.0805. The quantitative estimate of drug-likeness (QED) is 0.736. The summed E-state index contributed by atoms with van der Waals surface area (Å²) < 4.78 is 11.5. The van der Waals surface area contributed by atoms with E-state index in [0.29, 0.717) is 37.7 Å². The molecule has 30 heavy (non-hydrogen) atoms. The van der Waals surface area contributed by atoms with E-state index in [9.17, 15) is 9.59 Å². The van der Waals surface area contributed by atoms with Crippen molar-refractivity contribution in [1.82, 2.24) is 9.80 Å². The molecule has 4 rings (SSSR count). The highest BCUT2D eigenvalue weighted by atomic mass is 32.2. The van der Waals surface area contributed by atoms with Gasteiger partial charge in [0.2, 0.25) is 12.0 Å². The highest BCUT2D eigenvalue weighted by Gasteiger charge is 2.34. The molecule has 2 atom stereocenters. The van der Waals surface area contributed by atoms with Gasteiger partial charge in [-0.05, 0) is 24.6 Å². The number of hydrogen-bond acceptors (Lipinski definition) is 5. The molecular weight excluding hydrogens is 400 g/mol. The van der Waals surface area contributed by atoms with Crippen LogP contribution in [0.2, 0.25) is 0 Å². The highest BCUT2D eigenvalue weighted by Crippen LogP contribution is 2.31. The number of carbonyl (C=O) groups is 2. The van der Waals surface area contributed by atoms with Gasteiger partial charge in [0.15, 0.2) is 11.5 Å². The Balaban J connectivity index is 1.25. The fourth-order valence-corrected chi connectivity index (χ4v) is 4.54. The zero-order valence-corrected chi connectivity index (χ0v) is 17.8. The van der Waals surface area contributed by atoms with E-state index in [1.807, 2.05) is 48.2 Å². The van der Waals surface area contributed by atoms with Crippen LogP contribution in [-0.4, -0.2) is 65.8 Å². The average Bonchev–Trinajstić information content (AvgIpc) is 2.82. The molecule has 0 bridgehead atoms. The largest absolute Gasteiger partial charge is 0.485 e. The fourth-order valence-electron chi connectivity index (χ4n) is 3.62. The van der Waals surface area contributed by atoms with Crippen LogP contribution in [0.25, 0.3) is 0 Å². The Morgan fingerprint density at radius 1 is 0.967 bits per heavy atom. The number of hydrogen-bond donors (Lipinski definition) is 0. The molecule has 0 N–H and O–H groups in total. The smallest absolute Gasteiger partial charge is 0.267 e. The minimum Gasteiger partial charge on any atom is -0.485 e. The first-order valence-corrected chi connectivity index (χ1v) is 11.3. The van der Waals surface area contributed by atoms with Crippen molar-refractivity contribution in [3.63, 3.8) is 0 Å². The molecule has 2 aromatic carbocycles. The Labute approximate surface area is 181 Å². The van der Waals surface area contributed by atoms with E-state index in [1.54, 1.807) is 22.7 Å². The van der Waals surface area contributed by atoms with Crippen LogP contribution in [0.3, 0.4) is 0 Å². The third kappa shape index (κ3) is 4.73. The van der Waals surface area contributed by atoms with Crippen molar-refractivity contribution in [2.45, 2.75) is 24.0 Å². The van der Waals surface area contributed by atoms with Gasteiger partial charge in [-0.1, -0.05) is 42.5 Å². The molecule has 2 aromatic rings. The Morgan fingerprint density at radius 3 is 2.33 bits per heavy atom. The highest BCUT2D eigenvalue weighted by molar-refractivity contribution is 7.99. The molecule has 158 valence electrons. The fraction of sp³-hybridized carbons (Fsp3) is 0.391. The van der Waals surface area contributed by atoms with Crippen LogP contribution in [0.5, 0.6) is 11.5 Å². The van der Waals surface area contributed by atoms with Crippen molar-refractivity contribution in [1.29, 1.82) is 0 Å². The van der Waals surface area contributed by atoms with Crippen molar-refractivity contribution < 1.29 is 19.1 Å². The van der Waals surface area contributed by atoms with Crippen molar-refractivity contribution in [3.8, 4) is 11.5 Å². The molecule has 0 radical (unpaired) electrons. The number of benzene rings is 2. The molecule has 2 heterocycles. The molecule has 2 aliphatic rings. The number of amides is 2. The lowest BCUT2D eigenvalue weighted by Crippen LogP contribution is -2.56. The summed E-state index contributed by atoms with van der Waals surface area (Å²) in [5, 5.41) is -0.112. The van der Waals surface area contributed by atoms with Gasteiger partial charge in [-0.25, -0.2) is 0 Å². The molecular formula is C23H26N2O4S. The summed E-state index contributed by atoms with van der Waals surface area (Å²) in [6.07, 6.45) is -0.637. The number of piperazine rings is 1. The third-order valence-electron chi connectivity index (χ3n) is 5.38. The molecule has 2 aliphatic heterocycles. The molecule has 0 spiro atoms. The zero-order valence-electron chi connectivity index (χ0n) is 17.0. The molecule has 2 amide bonds. The van der Waals surface area contributed by atoms with Crippen LogP contribution < -0.4 is 9.47 Å². The van der Waals surface area contributed by atoms with E-state index in [-0.39, 0.29) is 23.7 Å². The number of fused-ring (bicyclic) bond motifs is 1. The molecule has 0 unspecified atom stereocenters. The lowest BCUT2D eigenvalue weighted by atomic mass is 10.2. The van der Waals surface area contributed by atoms with Crippen LogP contribution >= 0.6 is 11.8 Å². The lowest BCUT2D eigenvalue weighted by molar-refractivity contribution is -0.146. The first-order chi connectivity index (χ1) is 14.6. The van der Waals surface area contributed by atoms with Crippen molar-refractivity contribution in [2.75, 3.05) is 32.8 Å². The summed E-state index contributed by atoms with van der Waals surface area (Å²) in [7, 11) is 0. The number of para-hydroxylation sites is 2. The topological polar surface area (TPSA) is 59.1 Å². The monoisotopic (exact) mass is 426 g/mol. The van der Waals surface area contributed by atoms with E-state index < -0.39 is 6.10 Å². The summed E-state index contributed by atoms with van der Waals surface area (Å²) >= 11 is 1.65. The predicted octanol–water partition coefficient (Wildman–Crippen LogP) is 2.82. The molecule has 6 nitrogen and oxygen atoms in total. The standard InChI is InChI=1S/C23H26N2O4S/c1-17(30-16-18-7-3-2-4-8-18)22(26)24-11-13-25(14-12-24)23(27)21-15-28-19-9-5-6-10-20(19)29-21/h2-10,17,21H,11-16H2,1H3/t17-,21-/m1/s1. The summed E-state index contributed by atoms with van der Waals surface area (Å²) in [6.45, 7) is 4.29. The number of ether oxygens (including phenoxy) is 2. The van der Waals surface area contributed by atoms with E-state index >= 15 is 0 Å². The first-order valence-electron chi connectivity index (χ1n) is 10.2. The number of rotatable bonds is 5. The average molecular weight is 427 g/mol. The Morgan fingerprint density at radius 2 is 1.60 bits per heavy atom. The van der Waals surface area contributed by atoms with Crippen LogP contribution in [0.15, 0.2) is 54.6 Å². The van der Waals surface area contributed by atoms with Gasteiger partial charge in [-0.3, -0.25) is 9.59 Å². The van der Waals surface area contributed by atoms with Crippen LogP contribution in [-0.2, 0) is 15.3 Å². The molecule has 1 fully saturated rings. The predicted molar refractivity (Wildman–Crippen MR) is 117 cm³/mol. The van der Waals surface area contributed by atoms with Gasteiger partial charge in [-0.15, -0.1) is 11.8 Å². The molecule has 7 heteroatoms. The minimum atomic E-state index is -0.637. The second-order valence-corrected chi connectivity index (χ2v) is 8.78. The van der Waals surface area contributed by atoms with Crippen LogP contribution in [0, 0.1) is 0 Å². The van der Waals surface area contributed by atoms with E-state index in [2.05, 4.69) is 12.1 Å². The third-order valence-corrected chi connectivity index (χ3v) is 6.58. The van der Waals surface area contributed by atoms with Gasteiger partial charge in [0.05, 0.1) is 5.25 Å². The Hall–Kier alpha value is -2.67. The summed E-state index contributed by atoms with van der Waals surface area (Å²) in [4.78, 5) is 29.3. The lowest BCUT2D eigenvalue weighted by Gasteiger charge is -2.37. The van der Waals surface area contributed by atoms with Crippen molar-refractivity contribution in [2.24, 2.45) is 0 Å². The Bertz CT molecular complexity index is 884. The van der Waals surface area contributed by atoms with Gasteiger partial charge in [0, 0.05) is 31.9 Å². The van der Waals surface area contributed by atoms with Gasteiger partial charge < -0.3 is 19.3 Å². The second kappa shape index (κ2) is 9.43. The zero-order chi connectivity index (χ0) is 20.9. The Kier molecular flexibility index (Phi) is 6.47. The van der Waals surface area contributed by atoms with E-state index in [4.69, 9.17) is 9.47 Å². The summed E-state index contributed by atoms with van der Waals surface area (Å²) in [5.41, 5.74) is 1.22. The second-order valence-electron chi connectivity index (χ2n) is 7.45. The van der Waals surface area contributed by atoms with Gasteiger partial charge in [0.25, 0.3) is 5.91 Å². The maximum Gasteiger partial charge on any atom is 0.267 e. The van der Waals surface area contributed by atoms with Crippen LogP contribution in [0.1, 0.15) is 12.5 Å².